The molecule has 4 heteroatoms. The fraction of sp³-hybridized carbons (Fsp3) is 0.545. The zero-order chi connectivity index (χ0) is 19.5. The molecule has 0 amide bonds. The summed E-state index contributed by atoms with van der Waals surface area (Å²) in [5.41, 5.74) is 0. The van der Waals surface area contributed by atoms with Gasteiger partial charge in [-0.25, -0.2) is 4.79 Å². The molecule has 0 heterocycles. The highest BCUT2D eigenvalue weighted by Crippen LogP contribution is 2.05. The van der Waals surface area contributed by atoms with Gasteiger partial charge in [-0.3, -0.25) is 4.79 Å². The van der Waals surface area contributed by atoms with Gasteiger partial charge < -0.3 is 9.84 Å². The summed E-state index contributed by atoms with van der Waals surface area (Å²) in [4.78, 5) is 21.7. The van der Waals surface area contributed by atoms with E-state index < -0.39 is 18.0 Å². The minimum atomic E-state index is -1.10. The summed E-state index contributed by atoms with van der Waals surface area (Å²) in [7, 11) is 0. The van der Waals surface area contributed by atoms with Gasteiger partial charge in [0.25, 0.3) is 0 Å². The van der Waals surface area contributed by atoms with Crippen LogP contribution in [0.25, 0.3) is 0 Å². The normalized spacial score (nSPS) is 13.3. The molecule has 0 radical (unpaired) electrons. The lowest BCUT2D eigenvalue weighted by molar-refractivity contribution is -0.162. The number of hydrogen-bond donors (Lipinski definition) is 1. The smallest absolute Gasteiger partial charge is 0.345 e. The minimum absolute atomic E-state index is 0.295. The molecule has 0 aromatic carbocycles. The third-order valence-corrected chi connectivity index (χ3v) is 3.64. The standard InChI is InChI=1S/C22H34O4/c1-3-4-5-6-7-8-9-10-11-12-13-14-15-16-17-18-19-21(22(24)25)26-20(2)23/h7-8,10-11,13-14,16-17,21H,3-6,9,12,15,18-19H2,1-2H3,(H,24,25)/b8-7-,11-10-,14-13-,17-16-. The van der Waals surface area contributed by atoms with Gasteiger partial charge in [-0.1, -0.05) is 68.4 Å². The molecule has 0 aliphatic rings. The lowest BCUT2D eigenvalue weighted by Gasteiger charge is -2.10. The van der Waals surface area contributed by atoms with E-state index in [0.29, 0.717) is 12.8 Å². The Morgan fingerprint density at radius 1 is 0.846 bits per heavy atom. The van der Waals surface area contributed by atoms with Crippen LogP contribution in [-0.4, -0.2) is 23.1 Å². The number of carboxylic acids is 1. The van der Waals surface area contributed by atoms with Crippen molar-refractivity contribution in [2.75, 3.05) is 0 Å². The van der Waals surface area contributed by atoms with Crippen molar-refractivity contribution in [3.8, 4) is 0 Å². The highest BCUT2D eigenvalue weighted by atomic mass is 16.6. The van der Waals surface area contributed by atoms with Crippen LogP contribution in [0, 0.1) is 0 Å². The Morgan fingerprint density at radius 2 is 1.35 bits per heavy atom. The molecule has 146 valence electrons. The summed E-state index contributed by atoms with van der Waals surface area (Å²) < 4.78 is 4.74. The van der Waals surface area contributed by atoms with Gasteiger partial charge in [0.15, 0.2) is 6.10 Å². The van der Waals surface area contributed by atoms with Gasteiger partial charge >= 0.3 is 11.9 Å². The van der Waals surface area contributed by atoms with Crippen molar-refractivity contribution in [3.05, 3.63) is 48.6 Å². The molecule has 0 bridgehead atoms. The third kappa shape index (κ3) is 16.7. The molecule has 0 aromatic heterocycles. The van der Waals surface area contributed by atoms with Crippen LogP contribution in [0.3, 0.4) is 0 Å². The number of carboxylic acid groups (broad SMARTS) is 1. The van der Waals surface area contributed by atoms with Crippen molar-refractivity contribution in [3.63, 3.8) is 0 Å². The Kier molecular flexibility index (Phi) is 16.3. The number of hydrogen-bond acceptors (Lipinski definition) is 3. The first-order valence-corrected chi connectivity index (χ1v) is 9.58. The molecular weight excluding hydrogens is 328 g/mol. The van der Waals surface area contributed by atoms with Gasteiger partial charge in [-0.05, 0) is 44.9 Å². The van der Waals surface area contributed by atoms with Gasteiger partial charge in [-0.2, -0.15) is 0 Å². The largest absolute Gasteiger partial charge is 0.479 e. The van der Waals surface area contributed by atoms with E-state index in [2.05, 4.69) is 43.4 Å². The summed E-state index contributed by atoms with van der Waals surface area (Å²) in [5, 5.41) is 8.92. The zero-order valence-corrected chi connectivity index (χ0v) is 16.2. The molecule has 0 saturated heterocycles. The first-order valence-electron chi connectivity index (χ1n) is 9.58. The molecule has 0 spiro atoms. The second-order valence-corrected chi connectivity index (χ2v) is 6.10. The number of ether oxygens (including phenoxy) is 1. The van der Waals surface area contributed by atoms with Crippen LogP contribution in [0.4, 0.5) is 0 Å². The van der Waals surface area contributed by atoms with E-state index in [9.17, 15) is 9.59 Å². The quantitative estimate of drug-likeness (QED) is 0.228. The maximum Gasteiger partial charge on any atom is 0.345 e. The highest BCUT2D eigenvalue weighted by Gasteiger charge is 2.19. The lowest BCUT2D eigenvalue weighted by atomic mass is 10.2. The summed E-state index contributed by atoms with van der Waals surface area (Å²) in [6, 6.07) is 0. The summed E-state index contributed by atoms with van der Waals surface area (Å²) in [6.45, 7) is 3.44. The molecule has 0 aromatic rings. The Hall–Kier alpha value is -2.10. The van der Waals surface area contributed by atoms with E-state index in [-0.39, 0.29) is 0 Å². The van der Waals surface area contributed by atoms with E-state index in [0.717, 1.165) is 19.3 Å². The number of esters is 1. The van der Waals surface area contributed by atoms with Crippen molar-refractivity contribution in [2.45, 2.75) is 77.7 Å². The summed E-state index contributed by atoms with van der Waals surface area (Å²) in [5.74, 6) is -1.67. The highest BCUT2D eigenvalue weighted by molar-refractivity contribution is 5.76. The molecule has 0 aliphatic heterocycles. The molecule has 1 N–H and O–H groups in total. The Bertz CT molecular complexity index is 486. The van der Waals surface area contributed by atoms with Gasteiger partial charge in [0.1, 0.15) is 0 Å². The Morgan fingerprint density at radius 3 is 1.81 bits per heavy atom. The first-order chi connectivity index (χ1) is 12.6. The maximum absolute atomic E-state index is 10.9. The van der Waals surface area contributed by atoms with E-state index in [1.54, 1.807) is 0 Å². The minimum Gasteiger partial charge on any atom is -0.479 e. The number of carbonyl (C=O) groups is 2. The van der Waals surface area contributed by atoms with Crippen LogP contribution in [-0.2, 0) is 14.3 Å². The molecule has 0 rings (SSSR count). The average Bonchev–Trinajstić information content (AvgIpc) is 2.59. The third-order valence-electron chi connectivity index (χ3n) is 3.64. The molecule has 4 nitrogen and oxygen atoms in total. The molecule has 26 heavy (non-hydrogen) atoms. The van der Waals surface area contributed by atoms with Crippen molar-refractivity contribution in [1.29, 1.82) is 0 Å². The van der Waals surface area contributed by atoms with Gasteiger partial charge in [-0.15, -0.1) is 0 Å². The zero-order valence-electron chi connectivity index (χ0n) is 16.2. The Labute approximate surface area is 158 Å². The summed E-state index contributed by atoms with van der Waals surface area (Å²) in [6.07, 6.45) is 24.5. The molecule has 1 atom stereocenters. The predicted molar refractivity (Wildman–Crippen MR) is 107 cm³/mol. The predicted octanol–water partition coefficient (Wildman–Crippen LogP) is 5.76. The second kappa shape index (κ2) is 17.7. The van der Waals surface area contributed by atoms with Crippen molar-refractivity contribution >= 4 is 11.9 Å². The maximum atomic E-state index is 10.9. The SMILES string of the molecule is CCCCC/C=C\C/C=C\C/C=C\C/C=C\CCC(OC(C)=O)C(=O)O. The van der Waals surface area contributed by atoms with Crippen molar-refractivity contribution in [1.82, 2.24) is 0 Å². The van der Waals surface area contributed by atoms with Crippen molar-refractivity contribution < 1.29 is 19.4 Å². The molecule has 0 saturated carbocycles. The van der Waals surface area contributed by atoms with Crippen LogP contribution in [0.2, 0.25) is 0 Å². The number of carbonyl (C=O) groups excluding carboxylic acids is 1. The van der Waals surface area contributed by atoms with E-state index in [1.165, 1.54) is 32.6 Å². The number of rotatable bonds is 15. The Balaban J connectivity index is 3.70. The van der Waals surface area contributed by atoms with E-state index in [4.69, 9.17) is 9.84 Å². The number of unbranched alkanes of at least 4 members (excludes halogenated alkanes) is 3. The van der Waals surface area contributed by atoms with Crippen LogP contribution < -0.4 is 0 Å². The van der Waals surface area contributed by atoms with Gasteiger partial charge in [0, 0.05) is 6.92 Å². The van der Waals surface area contributed by atoms with Crippen LogP contribution in [0.15, 0.2) is 48.6 Å². The molecule has 0 fully saturated rings. The van der Waals surface area contributed by atoms with Crippen molar-refractivity contribution in [2.24, 2.45) is 0 Å². The molecule has 1 unspecified atom stereocenters. The number of allylic oxidation sites excluding steroid dienone is 8. The molecular formula is C22H34O4. The van der Waals surface area contributed by atoms with Crippen LogP contribution >= 0.6 is 0 Å². The van der Waals surface area contributed by atoms with E-state index >= 15 is 0 Å². The average molecular weight is 363 g/mol. The lowest BCUT2D eigenvalue weighted by Crippen LogP contribution is -2.25. The first kappa shape index (κ1) is 23.9. The van der Waals surface area contributed by atoms with Gasteiger partial charge in [0.2, 0.25) is 0 Å². The monoisotopic (exact) mass is 362 g/mol. The summed E-state index contributed by atoms with van der Waals surface area (Å²) >= 11 is 0. The molecule has 0 aliphatic carbocycles. The van der Waals surface area contributed by atoms with Gasteiger partial charge in [0.05, 0.1) is 0 Å². The number of aliphatic carboxylic acids is 1. The second-order valence-electron chi connectivity index (χ2n) is 6.10. The fourth-order valence-corrected chi connectivity index (χ4v) is 2.24. The van der Waals surface area contributed by atoms with Crippen LogP contribution in [0.1, 0.15) is 71.6 Å². The van der Waals surface area contributed by atoms with Crippen LogP contribution in [0.5, 0.6) is 0 Å². The fourth-order valence-electron chi connectivity index (χ4n) is 2.24. The topological polar surface area (TPSA) is 63.6 Å². The van der Waals surface area contributed by atoms with E-state index in [1.807, 2.05) is 12.2 Å².